The highest BCUT2D eigenvalue weighted by Crippen LogP contribution is 2.57. The Morgan fingerprint density at radius 1 is 0.559 bits per heavy atom. The number of fused-ring (bicyclic) bond motifs is 8. The van der Waals surface area contributed by atoms with Gasteiger partial charge in [-0.3, -0.25) is 0 Å². The van der Waals surface area contributed by atoms with E-state index in [0.29, 0.717) is 5.92 Å². The van der Waals surface area contributed by atoms with Crippen LogP contribution in [0, 0.1) is 6.92 Å². The molecule has 0 bridgehead atoms. The fraction of sp³-hybridized carbons (Fsp3) is 0.312. The number of hydrogen-bond donors (Lipinski definition) is 0. The summed E-state index contributed by atoms with van der Waals surface area (Å²) in [5, 5.41) is 2.79. The first kappa shape index (κ1) is 20.9. The summed E-state index contributed by atoms with van der Waals surface area (Å²) >= 11 is 3.88. The predicted molar refractivity (Wildman–Crippen MR) is 151 cm³/mol. The fourth-order valence-electron chi connectivity index (χ4n) is 6.46. The highest BCUT2D eigenvalue weighted by atomic mass is 32.1. The molecule has 170 valence electrons. The lowest BCUT2D eigenvalue weighted by Crippen LogP contribution is -2.17. The molecule has 0 saturated heterocycles. The van der Waals surface area contributed by atoms with Gasteiger partial charge in [-0.25, -0.2) is 0 Å². The minimum absolute atomic E-state index is 0.00430. The first-order chi connectivity index (χ1) is 16.1. The van der Waals surface area contributed by atoms with Crippen molar-refractivity contribution in [3.8, 4) is 22.3 Å². The molecular formula is C32H30S2. The minimum Gasteiger partial charge on any atom is -0.141 e. The molecule has 0 aliphatic heterocycles. The molecule has 0 unspecified atom stereocenters. The maximum atomic E-state index is 2.54. The van der Waals surface area contributed by atoms with Crippen LogP contribution in [0.3, 0.4) is 0 Å². The van der Waals surface area contributed by atoms with Crippen LogP contribution in [0.25, 0.3) is 42.4 Å². The Bertz CT molecular complexity index is 1680. The van der Waals surface area contributed by atoms with Crippen molar-refractivity contribution in [1.29, 1.82) is 0 Å². The number of hydrogen-bond acceptors (Lipinski definition) is 2. The van der Waals surface area contributed by atoms with E-state index in [-0.39, 0.29) is 10.8 Å². The number of thiophene rings is 2. The van der Waals surface area contributed by atoms with Crippen LogP contribution in [-0.2, 0) is 10.8 Å². The summed E-state index contributed by atoms with van der Waals surface area (Å²) in [6.07, 6.45) is 0. The number of aryl methyl sites for hydroxylation is 1. The molecule has 5 aromatic rings. The molecule has 0 spiro atoms. The fourth-order valence-corrected chi connectivity index (χ4v) is 8.49. The molecule has 0 atom stereocenters. The smallest absolute Gasteiger partial charge is 0.0352 e. The largest absolute Gasteiger partial charge is 0.141 e. The summed E-state index contributed by atoms with van der Waals surface area (Å²) in [6.45, 7) is 16.5. The highest BCUT2D eigenvalue weighted by Gasteiger charge is 2.42. The Morgan fingerprint density at radius 2 is 1.00 bits per heavy atom. The summed E-state index contributed by atoms with van der Waals surface area (Å²) in [7, 11) is 0. The molecule has 3 aromatic carbocycles. The SMILES string of the molecule is Cc1cc2cc3c(cc2s1)-c1cc2c(cc1C3(C)C)-c1cc3sc(C(C)C)cc3cc1C2(C)C. The normalized spacial score (nSPS) is 16.8. The van der Waals surface area contributed by atoms with Gasteiger partial charge in [-0.1, -0.05) is 41.5 Å². The molecule has 2 aliphatic rings. The van der Waals surface area contributed by atoms with Gasteiger partial charge in [-0.15, -0.1) is 22.7 Å². The van der Waals surface area contributed by atoms with E-state index in [2.05, 4.69) is 97.0 Å². The average molecular weight is 479 g/mol. The zero-order valence-corrected chi connectivity index (χ0v) is 22.6. The quantitative estimate of drug-likeness (QED) is 0.225. The summed E-state index contributed by atoms with van der Waals surface area (Å²) in [5.41, 5.74) is 11.7. The Labute approximate surface area is 210 Å². The molecular weight excluding hydrogens is 448 g/mol. The zero-order valence-electron chi connectivity index (χ0n) is 21.0. The summed E-state index contributed by atoms with van der Waals surface area (Å²) in [4.78, 5) is 2.88. The summed E-state index contributed by atoms with van der Waals surface area (Å²) in [6, 6.07) is 19.7. The average Bonchev–Trinajstić information content (AvgIpc) is 3.46. The third-order valence-corrected chi connectivity index (χ3v) is 10.9. The van der Waals surface area contributed by atoms with E-state index in [1.165, 1.54) is 74.4 Å². The Balaban J connectivity index is 1.50. The van der Waals surface area contributed by atoms with Gasteiger partial charge in [-0.2, -0.15) is 0 Å². The van der Waals surface area contributed by atoms with E-state index in [0.717, 1.165) is 0 Å². The van der Waals surface area contributed by atoms with Gasteiger partial charge in [0.25, 0.3) is 0 Å². The van der Waals surface area contributed by atoms with Crippen LogP contribution in [0.4, 0.5) is 0 Å². The maximum absolute atomic E-state index is 2.54. The summed E-state index contributed by atoms with van der Waals surface area (Å²) in [5.74, 6) is 0.577. The lowest BCUT2D eigenvalue weighted by atomic mass is 9.79. The van der Waals surface area contributed by atoms with Gasteiger partial charge in [0.15, 0.2) is 0 Å². The van der Waals surface area contributed by atoms with Crippen molar-refractivity contribution in [3.05, 3.63) is 80.5 Å². The zero-order chi connectivity index (χ0) is 23.7. The minimum atomic E-state index is 0.00430. The van der Waals surface area contributed by atoms with E-state index >= 15 is 0 Å². The van der Waals surface area contributed by atoms with Crippen LogP contribution in [0.5, 0.6) is 0 Å². The van der Waals surface area contributed by atoms with Crippen LogP contribution < -0.4 is 0 Å². The van der Waals surface area contributed by atoms with Crippen LogP contribution >= 0.6 is 22.7 Å². The van der Waals surface area contributed by atoms with Crippen LogP contribution in [0.1, 0.15) is 79.5 Å². The maximum Gasteiger partial charge on any atom is 0.0352 e. The van der Waals surface area contributed by atoms with E-state index in [4.69, 9.17) is 0 Å². The van der Waals surface area contributed by atoms with Crippen molar-refractivity contribution in [1.82, 2.24) is 0 Å². The molecule has 2 heteroatoms. The third kappa shape index (κ3) is 2.54. The molecule has 2 aliphatic carbocycles. The monoisotopic (exact) mass is 478 g/mol. The van der Waals surface area contributed by atoms with Crippen molar-refractivity contribution in [2.75, 3.05) is 0 Å². The highest BCUT2D eigenvalue weighted by molar-refractivity contribution is 7.19. The Morgan fingerprint density at radius 3 is 1.53 bits per heavy atom. The molecule has 0 saturated carbocycles. The van der Waals surface area contributed by atoms with Crippen molar-refractivity contribution >= 4 is 42.8 Å². The standard InChI is InChI=1S/C32H30S2/c1-16(2)28-11-19-10-25-23(15-30(19)34-28)21-13-26-20(12-27(21)32(25,6)7)22-14-29-18(8-17(3)33-29)9-24(22)31(26,4)5/h8-16H,1-7H3. The lowest BCUT2D eigenvalue weighted by molar-refractivity contribution is 0.653. The molecule has 2 aromatic heterocycles. The van der Waals surface area contributed by atoms with Gasteiger partial charge < -0.3 is 0 Å². The second-order valence-electron chi connectivity index (χ2n) is 11.7. The van der Waals surface area contributed by atoms with E-state index in [9.17, 15) is 0 Å². The van der Waals surface area contributed by atoms with Crippen molar-refractivity contribution in [3.63, 3.8) is 0 Å². The van der Waals surface area contributed by atoms with E-state index < -0.39 is 0 Å². The lowest BCUT2D eigenvalue weighted by Gasteiger charge is -2.24. The van der Waals surface area contributed by atoms with Crippen molar-refractivity contribution in [2.45, 2.75) is 65.2 Å². The first-order valence-corrected chi connectivity index (χ1v) is 14.0. The molecule has 0 nitrogen and oxygen atoms in total. The van der Waals surface area contributed by atoms with Gasteiger partial charge >= 0.3 is 0 Å². The third-order valence-electron chi connectivity index (χ3n) is 8.46. The van der Waals surface area contributed by atoms with Gasteiger partial charge in [0.1, 0.15) is 0 Å². The van der Waals surface area contributed by atoms with Crippen molar-refractivity contribution < 1.29 is 0 Å². The summed E-state index contributed by atoms with van der Waals surface area (Å²) < 4.78 is 2.83. The topological polar surface area (TPSA) is 0 Å². The second-order valence-corrected chi connectivity index (χ2v) is 14.1. The van der Waals surface area contributed by atoms with E-state index in [1.54, 1.807) is 0 Å². The first-order valence-electron chi connectivity index (χ1n) is 12.4. The van der Waals surface area contributed by atoms with Crippen LogP contribution in [0.2, 0.25) is 0 Å². The molecule has 7 rings (SSSR count). The molecule has 2 heterocycles. The predicted octanol–water partition coefficient (Wildman–Crippen LogP) is 10.2. The van der Waals surface area contributed by atoms with Gasteiger partial charge in [-0.05, 0) is 117 Å². The van der Waals surface area contributed by atoms with Gasteiger partial charge in [0.05, 0.1) is 0 Å². The number of benzene rings is 3. The van der Waals surface area contributed by atoms with Gasteiger partial charge in [0.2, 0.25) is 0 Å². The molecule has 0 N–H and O–H groups in total. The molecule has 0 radical (unpaired) electrons. The number of rotatable bonds is 1. The van der Waals surface area contributed by atoms with Gasteiger partial charge in [0, 0.05) is 30.0 Å². The van der Waals surface area contributed by atoms with Crippen molar-refractivity contribution in [2.24, 2.45) is 0 Å². The Kier molecular flexibility index (Phi) is 3.95. The van der Waals surface area contributed by atoms with Crippen LogP contribution in [-0.4, -0.2) is 0 Å². The van der Waals surface area contributed by atoms with E-state index in [1.807, 2.05) is 22.7 Å². The molecule has 34 heavy (non-hydrogen) atoms. The van der Waals surface area contributed by atoms with Crippen LogP contribution in [0.15, 0.2) is 48.5 Å². The molecule has 0 amide bonds. The molecule has 0 fully saturated rings. The Hall–Kier alpha value is -2.42. The second kappa shape index (κ2) is 6.42.